The van der Waals surface area contributed by atoms with E-state index in [1.165, 1.54) is 66.8 Å². The van der Waals surface area contributed by atoms with Crippen molar-refractivity contribution < 1.29 is 0 Å². The Kier molecular flexibility index (Phi) is 11.3. The molecule has 0 saturated carbocycles. The Hall–Kier alpha value is -4.68. The average Bonchev–Trinajstić information content (AvgIpc) is 3.06. The molecule has 216 valence electrons. The van der Waals surface area contributed by atoms with E-state index in [1.807, 2.05) is 12.2 Å². The van der Waals surface area contributed by atoms with Gasteiger partial charge in [0.2, 0.25) is 0 Å². The normalized spacial score (nSPS) is 12.5. The maximum atomic E-state index is 4.07. The zero-order valence-corrected chi connectivity index (χ0v) is 26.2. The lowest BCUT2D eigenvalue weighted by atomic mass is 9.90. The lowest BCUT2D eigenvalue weighted by Gasteiger charge is -2.14. The van der Waals surface area contributed by atoms with Crippen molar-refractivity contribution in [3.8, 4) is 33.4 Å². The third-order valence-electron chi connectivity index (χ3n) is 7.67. The van der Waals surface area contributed by atoms with Gasteiger partial charge in [-0.3, -0.25) is 0 Å². The van der Waals surface area contributed by atoms with E-state index in [1.54, 1.807) is 0 Å². The summed E-state index contributed by atoms with van der Waals surface area (Å²) >= 11 is 0. The highest BCUT2D eigenvalue weighted by Crippen LogP contribution is 2.36. The summed E-state index contributed by atoms with van der Waals surface area (Å²) in [6.45, 7) is 16.6. The molecule has 4 aromatic rings. The highest BCUT2D eigenvalue weighted by Gasteiger charge is 2.11. The zero-order valence-electron chi connectivity index (χ0n) is 26.2. The molecule has 0 N–H and O–H groups in total. The van der Waals surface area contributed by atoms with Crippen LogP contribution in [0.15, 0.2) is 147 Å². The van der Waals surface area contributed by atoms with Crippen LogP contribution in [0.3, 0.4) is 0 Å². The van der Waals surface area contributed by atoms with Gasteiger partial charge in [0.05, 0.1) is 0 Å². The molecule has 4 aromatic carbocycles. The summed E-state index contributed by atoms with van der Waals surface area (Å²) in [5.74, 6) is 0. The number of benzene rings is 4. The second kappa shape index (κ2) is 15.5. The van der Waals surface area contributed by atoms with Crippen LogP contribution in [0.25, 0.3) is 50.1 Å². The first-order valence-corrected chi connectivity index (χ1v) is 15.5. The fourth-order valence-electron chi connectivity index (χ4n) is 5.56. The third kappa shape index (κ3) is 7.79. The SMILES string of the molecule is C=C/C=C(\CC)c1cccc(-c2cc(-c3cccc(/C(C=C)=C/CC)c3)cc(-c3cccc(C(/C=C\C)=C/CC)c3)c2)c1. The zero-order chi connectivity index (χ0) is 30.6. The molecule has 0 amide bonds. The largest absolute Gasteiger partial charge is 0.0991 e. The Morgan fingerprint density at radius 2 is 1.05 bits per heavy atom. The maximum absolute atomic E-state index is 4.07. The van der Waals surface area contributed by atoms with Crippen LogP contribution < -0.4 is 0 Å². The average molecular weight is 561 g/mol. The van der Waals surface area contributed by atoms with E-state index in [-0.39, 0.29) is 0 Å². The molecule has 4 rings (SSSR count). The summed E-state index contributed by atoms with van der Waals surface area (Å²) in [6.07, 6.45) is 17.7. The highest BCUT2D eigenvalue weighted by atomic mass is 14.2. The highest BCUT2D eigenvalue weighted by molar-refractivity contribution is 5.85. The molecular formula is C43H44. The molecule has 0 fully saturated rings. The second-order valence-electron chi connectivity index (χ2n) is 10.7. The van der Waals surface area contributed by atoms with Gasteiger partial charge in [-0.2, -0.15) is 0 Å². The lowest BCUT2D eigenvalue weighted by molar-refractivity contribution is 1.23. The summed E-state index contributed by atoms with van der Waals surface area (Å²) in [5.41, 5.74) is 14.6. The van der Waals surface area contributed by atoms with E-state index in [9.17, 15) is 0 Å². The number of hydrogen-bond donors (Lipinski definition) is 0. The first-order valence-electron chi connectivity index (χ1n) is 15.5. The predicted octanol–water partition coefficient (Wildman–Crippen LogP) is 13.0. The van der Waals surface area contributed by atoms with Crippen LogP contribution in [0.2, 0.25) is 0 Å². The van der Waals surface area contributed by atoms with Crippen molar-refractivity contribution >= 4 is 16.7 Å². The smallest absolute Gasteiger partial charge is 0.0171 e. The molecule has 0 heteroatoms. The number of hydrogen-bond acceptors (Lipinski definition) is 0. The molecule has 0 aromatic heterocycles. The van der Waals surface area contributed by atoms with Crippen LogP contribution in [0.1, 0.15) is 63.6 Å². The Morgan fingerprint density at radius 1 is 0.581 bits per heavy atom. The van der Waals surface area contributed by atoms with E-state index in [4.69, 9.17) is 0 Å². The van der Waals surface area contributed by atoms with Gasteiger partial charge in [-0.15, -0.1) is 0 Å². The maximum Gasteiger partial charge on any atom is -0.0171 e. The molecule has 0 aliphatic heterocycles. The third-order valence-corrected chi connectivity index (χ3v) is 7.67. The van der Waals surface area contributed by atoms with Crippen LogP contribution in [0.4, 0.5) is 0 Å². The van der Waals surface area contributed by atoms with Gasteiger partial charge < -0.3 is 0 Å². The van der Waals surface area contributed by atoms with E-state index in [0.29, 0.717) is 0 Å². The molecule has 0 bridgehead atoms. The van der Waals surface area contributed by atoms with Crippen molar-refractivity contribution in [1.29, 1.82) is 0 Å². The van der Waals surface area contributed by atoms with E-state index >= 15 is 0 Å². The van der Waals surface area contributed by atoms with Gasteiger partial charge in [0.25, 0.3) is 0 Å². The fourth-order valence-corrected chi connectivity index (χ4v) is 5.56. The lowest BCUT2D eigenvalue weighted by Crippen LogP contribution is -1.90. The Morgan fingerprint density at radius 3 is 1.49 bits per heavy atom. The quantitative estimate of drug-likeness (QED) is 0.151. The monoisotopic (exact) mass is 560 g/mol. The molecule has 0 heterocycles. The van der Waals surface area contributed by atoms with Crippen LogP contribution in [0.5, 0.6) is 0 Å². The minimum Gasteiger partial charge on any atom is -0.0991 e. The first kappa shape index (κ1) is 31.3. The molecule has 0 atom stereocenters. The number of rotatable bonds is 12. The van der Waals surface area contributed by atoms with Crippen LogP contribution in [0, 0.1) is 0 Å². The fraction of sp³-hybridized carbons (Fsp3) is 0.163. The van der Waals surface area contributed by atoms with Crippen LogP contribution in [-0.2, 0) is 0 Å². The van der Waals surface area contributed by atoms with Crippen molar-refractivity contribution in [2.75, 3.05) is 0 Å². The first-order chi connectivity index (χ1) is 21.0. The van der Waals surface area contributed by atoms with Gasteiger partial charge in [0.15, 0.2) is 0 Å². The van der Waals surface area contributed by atoms with Crippen molar-refractivity contribution in [2.45, 2.75) is 47.0 Å². The van der Waals surface area contributed by atoms with Gasteiger partial charge in [-0.05, 0) is 129 Å². The summed E-state index contributed by atoms with van der Waals surface area (Å²) in [7, 11) is 0. The van der Waals surface area contributed by atoms with Crippen molar-refractivity contribution in [2.24, 2.45) is 0 Å². The summed E-state index contributed by atoms with van der Waals surface area (Å²) in [5, 5.41) is 0. The van der Waals surface area contributed by atoms with Gasteiger partial charge in [0.1, 0.15) is 0 Å². The second-order valence-corrected chi connectivity index (χ2v) is 10.7. The van der Waals surface area contributed by atoms with E-state index in [0.717, 1.165) is 19.3 Å². The summed E-state index contributed by atoms with van der Waals surface area (Å²) < 4.78 is 0. The van der Waals surface area contributed by atoms with Crippen molar-refractivity contribution in [1.82, 2.24) is 0 Å². The summed E-state index contributed by atoms with van der Waals surface area (Å²) in [6, 6.07) is 33.6. The van der Waals surface area contributed by atoms with Gasteiger partial charge in [-0.25, -0.2) is 0 Å². The molecule has 0 aliphatic rings. The van der Waals surface area contributed by atoms with Crippen LogP contribution >= 0.6 is 0 Å². The van der Waals surface area contributed by atoms with E-state index < -0.39 is 0 Å². The molecule has 0 nitrogen and oxygen atoms in total. The topological polar surface area (TPSA) is 0 Å². The minimum absolute atomic E-state index is 0.955. The van der Waals surface area contributed by atoms with Gasteiger partial charge in [-0.1, -0.05) is 131 Å². The van der Waals surface area contributed by atoms with Gasteiger partial charge in [0, 0.05) is 0 Å². The molecule has 0 radical (unpaired) electrons. The van der Waals surface area contributed by atoms with E-state index in [2.05, 4.69) is 162 Å². The molecular weight excluding hydrogens is 516 g/mol. The summed E-state index contributed by atoms with van der Waals surface area (Å²) in [4.78, 5) is 0. The standard InChI is InChI=1S/C43H44/c1-7-16-32(11-5)35-20-13-23-38(26-35)41-29-42(39-24-14-21-36(27-39)33(12-6)17-8-2)31-43(30-41)40-25-15-22-37(28-40)34(18-9-3)19-10-4/h7,9,12-31H,1,6,8,10-11H2,2-5H3/b18-9-,32-16+,33-17+,34-19+. The Labute approximate surface area is 259 Å². The minimum atomic E-state index is 0.955. The molecule has 0 saturated heterocycles. The molecule has 0 unspecified atom stereocenters. The number of allylic oxidation sites excluding steroid dienone is 10. The molecule has 0 aliphatic carbocycles. The Bertz CT molecular complexity index is 1700. The molecule has 43 heavy (non-hydrogen) atoms. The van der Waals surface area contributed by atoms with Crippen molar-refractivity contribution in [3.05, 3.63) is 163 Å². The van der Waals surface area contributed by atoms with Crippen molar-refractivity contribution in [3.63, 3.8) is 0 Å². The molecule has 0 spiro atoms. The van der Waals surface area contributed by atoms with Crippen LogP contribution in [-0.4, -0.2) is 0 Å². The Balaban J connectivity index is 1.94. The predicted molar refractivity (Wildman–Crippen MR) is 193 cm³/mol. The van der Waals surface area contributed by atoms with Gasteiger partial charge >= 0.3 is 0 Å².